The van der Waals surface area contributed by atoms with Gasteiger partial charge in [-0.15, -0.1) is 0 Å². The molecule has 1 aliphatic heterocycles. The molecule has 1 fully saturated rings. The van der Waals surface area contributed by atoms with Crippen LogP contribution in [0.1, 0.15) is 39.2 Å². The number of rotatable bonds is 3. The molecule has 3 rings (SSSR count). The lowest BCUT2D eigenvalue weighted by Crippen LogP contribution is -2.40. The third-order valence-electron chi connectivity index (χ3n) is 4.27. The predicted octanol–water partition coefficient (Wildman–Crippen LogP) is 4.87. The van der Waals surface area contributed by atoms with Crippen LogP contribution in [0.2, 0.25) is 0 Å². The summed E-state index contributed by atoms with van der Waals surface area (Å²) < 4.78 is 11.2. The molecule has 0 spiro atoms. The molecule has 28 heavy (non-hydrogen) atoms. The van der Waals surface area contributed by atoms with Crippen LogP contribution in [-0.2, 0) is 4.74 Å². The number of nitrogens with two attached hydrogens (primary N) is 1. The van der Waals surface area contributed by atoms with Crippen molar-refractivity contribution in [1.82, 2.24) is 9.88 Å². The summed E-state index contributed by atoms with van der Waals surface area (Å²) in [6.45, 7) is 7.00. The molecule has 0 atom stereocenters. The van der Waals surface area contributed by atoms with Crippen LogP contribution in [0.3, 0.4) is 0 Å². The fraction of sp³-hybridized carbons (Fsp3) is 0.364. The Morgan fingerprint density at radius 3 is 2.57 bits per heavy atom. The van der Waals surface area contributed by atoms with E-state index < -0.39 is 5.60 Å². The highest BCUT2D eigenvalue weighted by Gasteiger charge is 2.24. The fourth-order valence-corrected chi connectivity index (χ4v) is 2.92. The molecular formula is C22H27N3O3. The average Bonchev–Trinajstić information content (AvgIpc) is 2.63. The number of ether oxygens (including phenoxy) is 2. The van der Waals surface area contributed by atoms with Crippen molar-refractivity contribution in [2.24, 2.45) is 0 Å². The number of amides is 1. The van der Waals surface area contributed by atoms with E-state index in [-0.39, 0.29) is 6.09 Å². The van der Waals surface area contributed by atoms with Crippen LogP contribution in [0, 0.1) is 0 Å². The summed E-state index contributed by atoms with van der Waals surface area (Å²) in [4.78, 5) is 18.1. The maximum atomic E-state index is 12.2. The van der Waals surface area contributed by atoms with Crippen molar-refractivity contribution in [1.29, 1.82) is 0 Å². The van der Waals surface area contributed by atoms with Crippen molar-refractivity contribution in [3.8, 4) is 11.6 Å². The van der Waals surface area contributed by atoms with E-state index >= 15 is 0 Å². The minimum Gasteiger partial charge on any atom is -0.444 e. The van der Waals surface area contributed by atoms with Crippen molar-refractivity contribution >= 4 is 17.9 Å². The first-order valence-corrected chi connectivity index (χ1v) is 9.45. The van der Waals surface area contributed by atoms with Crippen molar-refractivity contribution in [3.05, 3.63) is 53.7 Å². The second-order valence-electron chi connectivity index (χ2n) is 7.87. The number of nitrogen functional groups attached to an aromatic ring is 1. The number of nitrogens with zero attached hydrogens (tertiary/aromatic N) is 2. The van der Waals surface area contributed by atoms with Gasteiger partial charge in [0.25, 0.3) is 0 Å². The summed E-state index contributed by atoms with van der Waals surface area (Å²) in [6, 6.07) is 11.4. The fourth-order valence-electron chi connectivity index (χ4n) is 2.92. The van der Waals surface area contributed by atoms with Gasteiger partial charge < -0.3 is 20.1 Å². The van der Waals surface area contributed by atoms with E-state index in [1.807, 2.05) is 45.0 Å². The Morgan fingerprint density at radius 2 is 1.93 bits per heavy atom. The van der Waals surface area contributed by atoms with E-state index in [1.54, 1.807) is 23.2 Å². The Balaban J connectivity index is 1.60. The summed E-state index contributed by atoms with van der Waals surface area (Å²) in [5, 5.41) is 0. The number of likely N-dealkylation sites (tertiary alicyclic amines) is 1. The molecule has 6 nitrogen and oxygen atoms in total. The van der Waals surface area contributed by atoms with Crippen LogP contribution in [0.4, 0.5) is 10.5 Å². The molecule has 2 N–H and O–H groups in total. The highest BCUT2D eigenvalue weighted by molar-refractivity contribution is 5.68. The molecule has 0 saturated carbocycles. The second-order valence-corrected chi connectivity index (χ2v) is 7.87. The monoisotopic (exact) mass is 381 g/mol. The van der Waals surface area contributed by atoms with Gasteiger partial charge in [-0.2, -0.15) is 0 Å². The topological polar surface area (TPSA) is 77.7 Å². The van der Waals surface area contributed by atoms with Crippen LogP contribution < -0.4 is 10.5 Å². The largest absolute Gasteiger partial charge is 0.444 e. The number of hydrogen-bond acceptors (Lipinski definition) is 5. The van der Waals surface area contributed by atoms with E-state index in [2.05, 4.69) is 11.1 Å². The number of pyridine rings is 1. The third-order valence-corrected chi connectivity index (χ3v) is 4.27. The molecule has 148 valence electrons. The number of carbonyl (C=O) groups is 1. The molecule has 1 aliphatic rings. The lowest BCUT2D eigenvalue weighted by atomic mass is 10.0. The Bertz CT molecular complexity index is 844. The molecule has 1 aromatic carbocycles. The molecule has 0 unspecified atom stereocenters. The minimum absolute atomic E-state index is 0.238. The lowest BCUT2D eigenvalue weighted by molar-refractivity contribution is 0.0237. The number of hydrogen-bond donors (Lipinski definition) is 1. The Morgan fingerprint density at radius 1 is 1.18 bits per heavy atom. The average molecular weight is 381 g/mol. The Kier molecular flexibility index (Phi) is 5.87. The zero-order valence-corrected chi connectivity index (χ0v) is 16.6. The van der Waals surface area contributed by atoms with Crippen LogP contribution in [-0.4, -0.2) is 34.7 Å². The van der Waals surface area contributed by atoms with Gasteiger partial charge in [-0.05, 0) is 57.4 Å². The summed E-state index contributed by atoms with van der Waals surface area (Å²) in [5.74, 6) is 1.22. The molecule has 1 amide bonds. The van der Waals surface area contributed by atoms with Crippen LogP contribution in [0.25, 0.3) is 6.08 Å². The number of aromatic nitrogens is 1. The van der Waals surface area contributed by atoms with Crippen molar-refractivity contribution in [3.63, 3.8) is 0 Å². The molecule has 2 aromatic rings. The molecule has 2 heterocycles. The number of benzene rings is 1. The number of carbonyl (C=O) groups excluding carboxylic acids is 1. The van der Waals surface area contributed by atoms with Crippen molar-refractivity contribution in [2.75, 3.05) is 18.8 Å². The standard InChI is InChI=1S/C22H27N3O3/c1-22(2,3)28-21(26)25-11-9-16(10-12-25)13-17-5-4-6-19(14-17)27-20-8-7-18(23)15-24-20/h4-8,13-15H,9-12,23H2,1-3H3. The van der Waals surface area contributed by atoms with E-state index in [9.17, 15) is 4.79 Å². The molecule has 1 aromatic heterocycles. The summed E-state index contributed by atoms with van der Waals surface area (Å²) >= 11 is 0. The molecular weight excluding hydrogens is 354 g/mol. The zero-order valence-electron chi connectivity index (χ0n) is 16.6. The van der Waals surface area contributed by atoms with Gasteiger partial charge in [0.15, 0.2) is 0 Å². The summed E-state index contributed by atoms with van der Waals surface area (Å²) in [6.07, 6.45) is 5.17. The van der Waals surface area contributed by atoms with E-state index in [1.165, 1.54) is 5.57 Å². The second kappa shape index (κ2) is 8.33. The van der Waals surface area contributed by atoms with Gasteiger partial charge in [-0.1, -0.05) is 23.8 Å². The minimum atomic E-state index is -0.465. The first kappa shape index (κ1) is 19.7. The predicted molar refractivity (Wildman–Crippen MR) is 110 cm³/mol. The van der Waals surface area contributed by atoms with E-state index in [0.717, 1.165) is 24.2 Å². The Labute approximate surface area is 166 Å². The molecule has 0 bridgehead atoms. The van der Waals surface area contributed by atoms with Gasteiger partial charge in [0, 0.05) is 19.2 Å². The van der Waals surface area contributed by atoms with E-state index in [4.69, 9.17) is 15.2 Å². The maximum Gasteiger partial charge on any atom is 0.410 e. The van der Waals surface area contributed by atoms with Crippen LogP contribution >= 0.6 is 0 Å². The highest BCUT2D eigenvalue weighted by Crippen LogP contribution is 2.25. The molecule has 1 saturated heterocycles. The van der Waals surface area contributed by atoms with Crippen LogP contribution in [0.15, 0.2) is 48.2 Å². The van der Waals surface area contributed by atoms with Crippen molar-refractivity contribution < 1.29 is 14.3 Å². The zero-order chi connectivity index (χ0) is 20.1. The number of piperidine rings is 1. The lowest BCUT2D eigenvalue weighted by Gasteiger charge is -2.31. The first-order valence-electron chi connectivity index (χ1n) is 9.45. The smallest absolute Gasteiger partial charge is 0.410 e. The maximum absolute atomic E-state index is 12.2. The first-order chi connectivity index (χ1) is 13.3. The summed E-state index contributed by atoms with van der Waals surface area (Å²) in [7, 11) is 0. The molecule has 0 aliphatic carbocycles. The van der Waals surface area contributed by atoms with Gasteiger partial charge in [-0.25, -0.2) is 9.78 Å². The number of anilines is 1. The normalized spacial score (nSPS) is 14.5. The van der Waals surface area contributed by atoms with Crippen LogP contribution in [0.5, 0.6) is 11.6 Å². The highest BCUT2D eigenvalue weighted by atomic mass is 16.6. The molecule has 6 heteroatoms. The van der Waals surface area contributed by atoms with Gasteiger partial charge in [0.1, 0.15) is 11.4 Å². The quantitative estimate of drug-likeness (QED) is 0.821. The van der Waals surface area contributed by atoms with Gasteiger partial charge in [-0.3, -0.25) is 0 Å². The SMILES string of the molecule is CC(C)(C)OC(=O)N1CCC(=Cc2cccc(Oc3ccc(N)cn3)c2)CC1. The van der Waals surface area contributed by atoms with Gasteiger partial charge in [0.05, 0.1) is 11.9 Å². The third kappa shape index (κ3) is 5.74. The molecule has 0 radical (unpaired) electrons. The Hall–Kier alpha value is -3.02. The van der Waals surface area contributed by atoms with E-state index in [0.29, 0.717) is 24.7 Å². The van der Waals surface area contributed by atoms with Crippen molar-refractivity contribution in [2.45, 2.75) is 39.2 Å². The van der Waals surface area contributed by atoms with Gasteiger partial charge in [0.2, 0.25) is 5.88 Å². The van der Waals surface area contributed by atoms with Gasteiger partial charge >= 0.3 is 6.09 Å². The summed E-state index contributed by atoms with van der Waals surface area (Å²) in [5.41, 5.74) is 8.16.